The zero-order valence-corrected chi connectivity index (χ0v) is 10.3. The van der Waals surface area contributed by atoms with E-state index in [-0.39, 0.29) is 0 Å². The lowest BCUT2D eigenvalue weighted by Crippen LogP contribution is -2.40. The highest BCUT2D eigenvalue weighted by Crippen LogP contribution is 2.40. The maximum atomic E-state index is 5.98. The Balaban J connectivity index is 1.78. The molecule has 1 aromatic rings. The van der Waals surface area contributed by atoms with Crippen LogP contribution < -0.4 is 5.73 Å². The van der Waals surface area contributed by atoms with Gasteiger partial charge in [0.2, 0.25) is 0 Å². The van der Waals surface area contributed by atoms with E-state index in [1.807, 2.05) is 6.26 Å². The van der Waals surface area contributed by atoms with Crippen molar-refractivity contribution in [2.75, 3.05) is 13.1 Å². The quantitative estimate of drug-likeness (QED) is 0.874. The maximum Gasteiger partial charge on any atom is 0.0950 e. The van der Waals surface area contributed by atoms with E-state index in [2.05, 4.69) is 11.0 Å². The predicted molar refractivity (Wildman–Crippen MR) is 67.6 cm³/mol. The summed E-state index contributed by atoms with van der Waals surface area (Å²) in [6.45, 7) is 1.91. The zero-order chi connectivity index (χ0) is 11.7. The summed E-state index contributed by atoms with van der Waals surface area (Å²) in [6.07, 6.45) is 10.6. The summed E-state index contributed by atoms with van der Waals surface area (Å²) in [5.74, 6) is 0.921. The van der Waals surface area contributed by atoms with Crippen molar-refractivity contribution in [3.63, 3.8) is 0 Å². The minimum absolute atomic E-state index is 0.363. The highest BCUT2D eigenvalue weighted by atomic mass is 16.3. The Labute approximate surface area is 103 Å². The van der Waals surface area contributed by atoms with Crippen LogP contribution in [0, 0.1) is 5.92 Å². The first-order valence-corrected chi connectivity index (χ1v) is 6.88. The number of nitrogens with zero attached hydrogens (tertiary/aromatic N) is 1. The first-order valence-electron chi connectivity index (χ1n) is 6.88. The third-order valence-corrected chi connectivity index (χ3v) is 4.60. The summed E-state index contributed by atoms with van der Waals surface area (Å²) in [5, 5.41) is 0. The van der Waals surface area contributed by atoms with Gasteiger partial charge in [-0.05, 0) is 37.8 Å². The number of hydrogen-bond donors (Lipinski definition) is 1. The van der Waals surface area contributed by atoms with Crippen molar-refractivity contribution in [2.45, 2.75) is 44.2 Å². The Kier molecular flexibility index (Phi) is 3.21. The zero-order valence-electron chi connectivity index (χ0n) is 10.3. The predicted octanol–water partition coefficient (Wildman–Crippen LogP) is 2.54. The summed E-state index contributed by atoms with van der Waals surface area (Å²) in [6, 6.07) is 3.20. The minimum Gasteiger partial charge on any atom is -0.472 e. The number of furan rings is 1. The van der Waals surface area contributed by atoms with E-state index in [0.29, 0.717) is 12.6 Å². The molecular weight excluding hydrogens is 212 g/mol. The van der Waals surface area contributed by atoms with Crippen LogP contribution in [-0.2, 0) is 0 Å². The minimum atomic E-state index is 0.363. The van der Waals surface area contributed by atoms with E-state index in [1.54, 1.807) is 6.26 Å². The van der Waals surface area contributed by atoms with Crippen LogP contribution in [-0.4, -0.2) is 24.0 Å². The summed E-state index contributed by atoms with van der Waals surface area (Å²) in [5.41, 5.74) is 7.23. The molecule has 0 bridgehead atoms. The molecule has 2 fully saturated rings. The lowest BCUT2D eigenvalue weighted by Gasteiger charge is -2.36. The van der Waals surface area contributed by atoms with Gasteiger partial charge in [0.1, 0.15) is 0 Å². The summed E-state index contributed by atoms with van der Waals surface area (Å²) < 4.78 is 5.21. The van der Waals surface area contributed by atoms with Gasteiger partial charge >= 0.3 is 0 Å². The fourth-order valence-electron chi connectivity index (χ4n) is 3.76. The van der Waals surface area contributed by atoms with Gasteiger partial charge in [0.05, 0.1) is 18.6 Å². The molecule has 1 aromatic heterocycles. The van der Waals surface area contributed by atoms with Crippen molar-refractivity contribution >= 4 is 0 Å². The molecule has 1 aliphatic heterocycles. The summed E-state index contributed by atoms with van der Waals surface area (Å²) in [7, 11) is 0. The van der Waals surface area contributed by atoms with Gasteiger partial charge in [-0.3, -0.25) is 4.90 Å². The summed E-state index contributed by atoms with van der Waals surface area (Å²) >= 11 is 0. The molecule has 3 unspecified atom stereocenters. The van der Waals surface area contributed by atoms with Gasteiger partial charge in [-0.1, -0.05) is 12.8 Å². The molecule has 3 nitrogen and oxygen atoms in total. The smallest absolute Gasteiger partial charge is 0.0950 e. The molecule has 0 aromatic carbocycles. The topological polar surface area (TPSA) is 42.4 Å². The van der Waals surface area contributed by atoms with Crippen molar-refractivity contribution < 1.29 is 4.42 Å². The molecule has 3 rings (SSSR count). The van der Waals surface area contributed by atoms with Gasteiger partial charge in [0, 0.05) is 18.2 Å². The fourth-order valence-corrected chi connectivity index (χ4v) is 3.76. The molecule has 2 N–H and O–H groups in total. The lowest BCUT2D eigenvalue weighted by molar-refractivity contribution is 0.135. The number of nitrogens with two attached hydrogens (primary N) is 1. The Morgan fingerprint density at radius 1 is 1.35 bits per heavy atom. The first-order chi connectivity index (χ1) is 8.40. The van der Waals surface area contributed by atoms with Crippen LogP contribution in [0.25, 0.3) is 0 Å². The third-order valence-electron chi connectivity index (χ3n) is 4.60. The Morgan fingerprint density at radius 2 is 2.24 bits per heavy atom. The molecule has 2 heterocycles. The van der Waals surface area contributed by atoms with E-state index >= 15 is 0 Å². The fraction of sp³-hybridized carbons (Fsp3) is 0.714. The Morgan fingerprint density at radius 3 is 3.00 bits per heavy atom. The van der Waals surface area contributed by atoms with Crippen molar-refractivity contribution in [3.8, 4) is 0 Å². The van der Waals surface area contributed by atoms with Gasteiger partial charge in [-0.2, -0.15) is 0 Å². The highest BCUT2D eigenvalue weighted by molar-refractivity contribution is 5.14. The summed E-state index contributed by atoms with van der Waals surface area (Å²) in [4.78, 5) is 2.63. The number of likely N-dealkylation sites (tertiary alicyclic amines) is 1. The van der Waals surface area contributed by atoms with Crippen LogP contribution in [0.3, 0.4) is 0 Å². The number of fused-ring (bicyclic) bond motifs is 1. The molecule has 1 aliphatic carbocycles. The van der Waals surface area contributed by atoms with Gasteiger partial charge < -0.3 is 10.2 Å². The second-order valence-corrected chi connectivity index (χ2v) is 5.45. The maximum absolute atomic E-state index is 5.98. The molecule has 0 amide bonds. The van der Waals surface area contributed by atoms with Crippen molar-refractivity contribution in [1.82, 2.24) is 4.90 Å². The van der Waals surface area contributed by atoms with E-state index in [9.17, 15) is 0 Å². The number of hydrogen-bond acceptors (Lipinski definition) is 3. The lowest BCUT2D eigenvalue weighted by atomic mass is 9.85. The molecule has 0 spiro atoms. The first kappa shape index (κ1) is 11.3. The third kappa shape index (κ3) is 2.02. The SMILES string of the molecule is NCC(c1ccoc1)N1CCC2CCCCC21. The van der Waals surface area contributed by atoms with Gasteiger partial charge in [-0.15, -0.1) is 0 Å². The molecule has 1 saturated carbocycles. The highest BCUT2D eigenvalue weighted by Gasteiger charge is 2.39. The average molecular weight is 234 g/mol. The standard InChI is InChI=1S/C14H22N2O/c15-9-14(12-6-8-17-10-12)16-7-5-11-3-1-2-4-13(11)16/h6,8,10-11,13-14H,1-5,7,9,15H2. The van der Waals surface area contributed by atoms with E-state index < -0.39 is 0 Å². The monoisotopic (exact) mass is 234 g/mol. The van der Waals surface area contributed by atoms with Crippen molar-refractivity contribution in [2.24, 2.45) is 11.7 Å². The molecule has 94 valence electrons. The molecule has 1 saturated heterocycles. The molecule has 3 heteroatoms. The van der Waals surface area contributed by atoms with Gasteiger partial charge in [-0.25, -0.2) is 0 Å². The second-order valence-electron chi connectivity index (χ2n) is 5.45. The van der Waals surface area contributed by atoms with Crippen LogP contribution in [0.5, 0.6) is 0 Å². The van der Waals surface area contributed by atoms with Crippen LogP contribution >= 0.6 is 0 Å². The van der Waals surface area contributed by atoms with Crippen LogP contribution in [0.15, 0.2) is 23.0 Å². The second kappa shape index (κ2) is 4.83. The molecule has 3 atom stereocenters. The van der Waals surface area contributed by atoms with Gasteiger partial charge in [0.25, 0.3) is 0 Å². The molecule has 2 aliphatic rings. The van der Waals surface area contributed by atoms with Crippen LogP contribution in [0.4, 0.5) is 0 Å². The Bertz CT molecular complexity index is 349. The largest absolute Gasteiger partial charge is 0.472 e. The van der Waals surface area contributed by atoms with E-state index in [0.717, 1.165) is 12.0 Å². The average Bonchev–Trinajstić information content (AvgIpc) is 3.01. The van der Waals surface area contributed by atoms with Crippen LogP contribution in [0.1, 0.15) is 43.7 Å². The van der Waals surface area contributed by atoms with E-state index in [1.165, 1.54) is 44.2 Å². The molecular formula is C14H22N2O. The molecule has 17 heavy (non-hydrogen) atoms. The van der Waals surface area contributed by atoms with Crippen molar-refractivity contribution in [3.05, 3.63) is 24.2 Å². The van der Waals surface area contributed by atoms with Crippen molar-refractivity contribution in [1.29, 1.82) is 0 Å². The van der Waals surface area contributed by atoms with E-state index in [4.69, 9.17) is 10.2 Å². The van der Waals surface area contributed by atoms with Crippen LogP contribution in [0.2, 0.25) is 0 Å². The Hall–Kier alpha value is -0.800. The normalized spacial score (nSPS) is 31.4. The molecule has 0 radical (unpaired) electrons. The number of rotatable bonds is 3. The van der Waals surface area contributed by atoms with Gasteiger partial charge in [0.15, 0.2) is 0 Å².